The normalized spacial score (nSPS) is 11.2. The summed E-state index contributed by atoms with van der Waals surface area (Å²) in [5.41, 5.74) is 1.92. The summed E-state index contributed by atoms with van der Waals surface area (Å²) in [6.45, 7) is 4.70. The van der Waals surface area contributed by atoms with Gasteiger partial charge in [0.15, 0.2) is 0 Å². The highest BCUT2D eigenvalue weighted by Gasteiger charge is 2.15. The van der Waals surface area contributed by atoms with Crippen molar-refractivity contribution in [2.24, 2.45) is 0 Å². The van der Waals surface area contributed by atoms with Gasteiger partial charge in [0.25, 0.3) is 11.1 Å². The molecule has 1 aromatic carbocycles. The predicted molar refractivity (Wildman–Crippen MR) is 113 cm³/mol. The fourth-order valence-electron chi connectivity index (χ4n) is 2.82. The minimum absolute atomic E-state index is 0.557. The van der Waals surface area contributed by atoms with E-state index in [1.807, 2.05) is 44.2 Å². The zero-order valence-corrected chi connectivity index (χ0v) is 17.9. The molecule has 0 N–H and O–H groups in total. The van der Waals surface area contributed by atoms with Gasteiger partial charge in [0.2, 0.25) is 5.82 Å². The molecule has 0 spiro atoms. The molecule has 4 rings (SSSR count). The van der Waals surface area contributed by atoms with Crippen LogP contribution in [0, 0.1) is 13.8 Å². The van der Waals surface area contributed by atoms with Crippen LogP contribution in [0.3, 0.4) is 0 Å². The lowest BCUT2D eigenvalue weighted by Crippen LogP contribution is -2.02. The molecule has 0 saturated heterocycles. The number of aromatic nitrogens is 7. The van der Waals surface area contributed by atoms with Gasteiger partial charge < -0.3 is 4.42 Å². The monoisotopic (exact) mass is 427 g/mol. The molecule has 0 aliphatic rings. The minimum atomic E-state index is 0.557. The molecule has 4 aromatic rings. The molecule has 0 aliphatic carbocycles. The standard InChI is InChI=1S/C19H21N7OS2/c1-13-16(29-14(2)20-13)18-22-23-19(27-18)28-12-8-4-7-11-26-24-17(21-25-26)15-9-5-3-6-10-15/h3,5-6,9-10H,4,7-8,11-12H2,1-2H3. The Hall–Kier alpha value is -2.59. The topological polar surface area (TPSA) is 95.4 Å². The van der Waals surface area contributed by atoms with Crippen LogP contribution in [0.2, 0.25) is 0 Å². The maximum absolute atomic E-state index is 5.76. The first-order chi connectivity index (χ1) is 14.2. The highest BCUT2D eigenvalue weighted by atomic mass is 32.2. The molecule has 0 aliphatic heterocycles. The number of tetrazole rings is 1. The molecule has 3 aromatic heterocycles. The summed E-state index contributed by atoms with van der Waals surface area (Å²) in [5, 5.41) is 22.6. The van der Waals surface area contributed by atoms with Gasteiger partial charge in [0.1, 0.15) is 4.88 Å². The van der Waals surface area contributed by atoms with E-state index in [0.717, 1.165) is 52.7 Å². The molecule has 8 nitrogen and oxygen atoms in total. The average Bonchev–Trinajstić information content (AvgIpc) is 3.45. The van der Waals surface area contributed by atoms with Crippen LogP contribution in [0.15, 0.2) is 40.0 Å². The van der Waals surface area contributed by atoms with Crippen LogP contribution >= 0.6 is 23.1 Å². The Morgan fingerprint density at radius 2 is 1.90 bits per heavy atom. The zero-order valence-electron chi connectivity index (χ0n) is 16.3. The summed E-state index contributed by atoms with van der Waals surface area (Å²) < 4.78 is 5.76. The van der Waals surface area contributed by atoms with Crippen molar-refractivity contribution in [1.29, 1.82) is 0 Å². The van der Waals surface area contributed by atoms with E-state index in [9.17, 15) is 0 Å². The van der Waals surface area contributed by atoms with Crippen LogP contribution in [0.1, 0.15) is 30.0 Å². The SMILES string of the molecule is Cc1nc(C)c(-c2nnc(SCCCCCn3nnc(-c4ccccc4)n3)o2)s1. The van der Waals surface area contributed by atoms with Crippen molar-refractivity contribution in [3.8, 4) is 22.2 Å². The van der Waals surface area contributed by atoms with Crippen molar-refractivity contribution in [2.75, 3.05) is 5.75 Å². The number of nitrogens with zero attached hydrogens (tertiary/aromatic N) is 7. The average molecular weight is 428 g/mol. The van der Waals surface area contributed by atoms with Gasteiger partial charge >= 0.3 is 0 Å². The maximum atomic E-state index is 5.76. The van der Waals surface area contributed by atoms with Crippen LogP contribution < -0.4 is 0 Å². The van der Waals surface area contributed by atoms with Crippen molar-refractivity contribution < 1.29 is 4.42 Å². The van der Waals surface area contributed by atoms with Gasteiger partial charge in [-0.2, -0.15) is 4.80 Å². The number of rotatable bonds is 9. The summed E-state index contributed by atoms with van der Waals surface area (Å²) in [5.74, 6) is 2.16. The van der Waals surface area contributed by atoms with E-state index >= 15 is 0 Å². The smallest absolute Gasteiger partial charge is 0.276 e. The molecule has 0 atom stereocenters. The number of aryl methyl sites for hydroxylation is 3. The lowest BCUT2D eigenvalue weighted by molar-refractivity contribution is 0.465. The largest absolute Gasteiger partial charge is 0.410 e. The second-order valence-electron chi connectivity index (χ2n) is 6.50. The number of benzene rings is 1. The molecular formula is C19H21N7OS2. The summed E-state index contributed by atoms with van der Waals surface area (Å²) in [4.78, 5) is 7.02. The van der Waals surface area contributed by atoms with Crippen LogP contribution in [0.5, 0.6) is 0 Å². The van der Waals surface area contributed by atoms with E-state index in [4.69, 9.17) is 4.42 Å². The summed E-state index contributed by atoms with van der Waals surface area (Å²) in [6, 6.07) is 9.89. The first-order valence-electron chi connectivity index (χ1n) is 9.43. The molecule has 3 heterocycles. The Morgan fingerprint density at radius 3 is 2.69 bits per heavy atom. The van der Waals surface area contributed by atoms with E-state index in [0.29, 0.717) is 16.9 Å². The second-order valence-corrected chi connectivity index (χ2v) is 8.75. The Morgan fingerprint density at radius 1 is 1.03 bits per heavy atom. The zero-order chi connectivity index (χ0) is 20.1. The fraction of sp³-hybridized carbons (Fsp3) is 0.368. The van der Waals surface area contributed by atoms with Gasteiger partial charge in [-0.15, -0.1) is 31.7 Å². The Balaban J connectivity index is 1.17. The van der Waals surface area contributed by atoms with Gasteiger partial charge in [-0.3, -0.25) is 0 Å². The second kappa shape index (κ2) is 9.27. The van der Waals surface area contributed by atoms with E-state index < -0.39 is 0 Å². The van der Waals surface area contributed by atoms with Crippen molar-refractivity contribution in [3.05, 3.63) is 41.0 Å². The molecule has 0 saturated carbocycles. The highest BCUT2D eigenvalue weighted by Crippen LogP contribution is 2.30. The van der Waals surface area contributed by atoms with E-state index in [1.54, 1.807) is 27.9 Å². The summed E-state index contributed by atoms with van der Waals surface area (Å²) in [7, 11) is 0. The number of hydrogen-bond acceptors (Lipinski definition) is 9. The van der Waals surface area contributed by atoms with Crippen molar-refractivity contribution in [3.63, 3.8) is 0 Å². The quantitative estimate of drug-likeness (QED) is 0.286. The predicted octanol–water partition coefficient (Wildman–Crippen LogP) is 4.43. The maximum Gasteiger partial charge on any atom is 0.276 e. The van der Waals surface area contributed by atoms with Crippen LogP contribution in [-0.2, 0) is 6.54 Å². The summed E-state index contributed by atoms with van der Waals surface area (Å²) in [6.07, 6.45) is 3.13. The Bertz CT molecular complexity index is 1060. The molecule has 29 heavy (non-hydrogen) atoms. The minimum Gasteiger partial charge on any atom is -0.410 e. The molecule has 0 radical (unpaired) electrons. The van der Waals surface area contributed by atoms with Gasteiger partial charge in [0.05, 0.1) is 17.2 Å². The van der Waals surface area contributed by atoms with Crippen LogP contribution in [0.4, 0.5) is 0 Å². The summed E-state index contributed by atoms with van der Waals surface area (Å²) >= 11 is 3.17. The number of thioether (sulfide) groups is 1. The van der Waals surface area contributed by atoms with Crippen LogP contribution in [0.25, 0.3) is 22.2 Å². The lowest BCUT2D eigenvalue weighted by Gasteiger charge is -1.99. The Kier molecular flexibility index (Phi) is 6.30. The third-order valence-corrected chi connectivity index (χ3v) is 6.18. The molecule has 150 valence electrons. The molecule has 10 heteroatoms. The molecule has 0 bridgehead atoms. The first-order valence-corrected chi connectivity index (χ1v) is 11.2. The van der Waals surface area contributed by atoms with Gasteiger partial charge in [-0.05, 0) is 31.9 Å². The fourth-order valence-corrected chi connectivity index (χ4v) is 4.42. The third kappa shape index (κ3) is 5.07. The molecule has 0 amide bonds. The number of thiazole rings is 1. The van der Waals surface area contributed by atoms with E-state index in [1.165, 1.54) is 0 Å². The van der Waals surface area contributed by atoms with Gasteiger partial charge in [0, 0.05) is 11.3 Å². The lowest BCUT2D eigenvalue weighted by atomic mass is 10.2. The van der Waals surface area contributed by atoms with Gasteiger partial charge in [-0.1, -0.05) is 48.5 Å². The Labute approximate surface area is 176 Å². The van der Waals surface area contributed by atoms with Crippen LogP contribution in [-0.4, -0.2) is 41.1 Å². The van der Waals surface area contributed by atoms with Gasteiger partial charge in [-0.25, -0.2) is 4.98 Å². The van der Waals surface area contributed by atoms with E-state index in [-0.39, 0.29) is 0 Å². The first kappa shape index (κ1) is 19.7. The van der Waals surface area contributed by atoms with E-state index in [2.05, 4.69) is 30.6 Å². The number of hydrogen-bond donors (Lipinski definition) is 0. The highest BCUT2D eigenvalue weighted by molar-refractivity contribution is 7.99. The molecular weight excluding hydrogens is 406 g/mol. The molecule has 0 fully saturated rings. The van der Waals surface area contributed by atoms with Crippen molar-refractivity contribution in [1.82, 2.24) is 35.4 Å². The third-order valence-electron chi connectivity index (χ3n) is 4.22. The van der Waals surface area contributed by atoms with Crippen molar-refractivity contribution >= 4 is 23.1 Å². The van der Waals surface area contributed by atoms with Crippen molar-refractivity contribution in [2.45, 2.75) is 44.9 Å². The molecule has 0 unspecified atom stereocenters. The number of unbranched alkanes of at least 4 members (excludes halogenated alkanes) is 2.